The van der Waals surface area contributed by atoms with Crippen LogP contribution >= 0.6 is 0 Å². The largest absolute Gasteiger partial charge is 0.355 e. The summed E-state index contributed by atoms with van der Waals surface area (Å²) in [4.78, 5) is 12.3. The van der Waals surface area contributed by atoms with Crippen LogP contribution in [0.1, 0.15) is 36.8 Å². The lowest BCUT2D eigenvalue weighted by molar-refractivity contribution is -0.131. The summed E-state index contributed by atoms with van der Waals surface area (Å²) in [5, 5.41) is 6.48. The van der Waals surface area contributed by atoms with E-state index in [-0.39, 0.29) is 11.3 Å². The zero-order chi connectivity index (χ0) is 13.3. The van der Waals surface area contributed by atoms with E-state index < -0.39 is 0 Å². The van der Waals surface area contributed by atoms with Gasteiger partial charge in [-0.3, -0.25) is 4.79 Å². The number of nitrogens with one attached hydrogen (secondary N) is 2. The topological polar surface area (TPSA) is 41.1 Å². The molecule has 19 heavy (non-hydrogen) atoms. The molecule has 1 aromatic carbocycles. The first-order chi connectivity index (χ1) is 9.19. The van der Waals surface area contributed by atoms with E-state index in [4.69, 9.17) is 0 Å². The first kappa shape index (κ1) is 12.7. The molecule has 1 aliphatic carbocycles. The van der Waals surface area contributed by atoms with E-state index in [0.717, 1.165) is 38.9 Å². The maximum absolute atomic E-state index is 12.3. The van der Waals surface area contributed by atoms with E-state index >= 15 is 0 Å². The van der Waals surface area contributed by atoms with E-state index in [1.165, 1.54) is 11.1 Å². The molecule has 102 valence electrons. The van der Waals surface area contributed by atoms with E-state index in [9.17, 15) is 4.79 Å². The van der Waals surface area contributed by atoms with Crippen LogP contribution < -0.4 is 10.6 Å². The summed E-state index contributed by atoms with van der Waals surface area (Å²) in [5.41, 5.74) is 2.68. The lowest BCUT2D eigenvalue weighted by Gasteiger charge is -2.35. The van der Waals surface area contributed by atoms with E-state index in [2.05, 4.69) is 41.8 Å². The van der Waals surface area contributed by atoms with Gasteiger partial charge in [0.2, 0.25) is 5.91 Å². The summed E-state index contributed by atoms with van der Waals surface area (Å²) < 4.78 is 0. The predicted molar refractivity (Wildman–Crippen MR) is 76.1 cm³/mol. The summed E-state index contributed by atoms with van der Waals surface area (Å²) in [6.07, 6.45) is 2.99. The van der Waals surface area contributed by atoms with E-state index in [1.54, 1.807) is 0 Å². The minimum absolute atomic E-state index is 0.172. The Morgan fingerprint density at radius 3 is 2.84 bits per heavy atom. The molecule has 2 aliphatic rings. The first-order valence-corrected chi connectivity index (χ1v) is 7.26. The fourth-order valence-corrected chi connectivity index (χ4v) is 3.18. The quantitative estimate of drug-likeness (QED) is 0.868. The maximum atomic E-state index is 12.3. The van der Waals surface area contributed by atoms with Crippen LogP contribution in [-0.2, 0) is 11.2 Å². The SMILES string of the molecule is CC1(C(=O)NCC2Cc3ccccc32)CCNCC1. The van der Waals surface area contributed by atoms with Crippen LogP contribution in [0.3, 0.4) is 0 Å². The molecule has 1 aliphatic heterocycles. The monoisotopic (exact) mass is 258 g/mol. The Morgan fingerprint density at radius 1 is 1.37 bits per heavy atom. The van der Waals surface area contributed by atoms with Crippen LogP contribution in [0.5, 0.6) is 0 Å². The van der Waals surface area contributed by atoms with Crippen LogP contribution in [0.4, 0.5) is 0 Å². The standard InChI is InChI=1S/C16H22N2O/c1-16(6-8-17-9-7-16)15(19)18-11-13-10-12-4-2-3-5-14(12)13/h2-5,13,17H,6-11H2,1H3,(H,18,19). The van der Waals surface area contributed by atoms with Crippen molar-refractivity contribution in [3.05, 3.63) is 35.4 Å². The highest BCUT2D eigenvalue weighted by molar-refractivity contribution is 5.82. The summed E-state index contributed by atoms with van der Waals surface area (Å²) in [6, 6.07) is 8.54. The van der Waals surface area contributed by atoms with Crippen LogP contribution in [0, 0.1) is 5.41 Å². The molecule has 1 atom stereocenters. The Kier molecular flexibility index (Phi) is 3.31. The van der Waals surface area contributed by atoms with Crippen LogP contribution in [0.2, 0.25) is 0 Å². The second-order valence-corrected chi connectivity index (χ2v) is 6.12. The van der Waals surface area contributed by atoms with Crippen molar-refractivity contribution in [3.63, 3.8) is 0 Å². The highest BCUT2D eigenvalue weighted by Crippen LogP contribution is 2.34. The molecule has 0 bridgehead atoms. The third-order valence-electron chi connectivity index (χ3n) is 4.73. The molecule has 1 heterocycles. The first-order valence-electron chi connectivity index (χ1n) is 7.26. The molecule has 0 aromatic heterocycles. The van der Waals surface area contributed by atoms with E-state index in [0.29, 0.717) is 5.92 Å². The number of piperidine rings is 1. The molecule has 1 unspecified atom stereocenters. The molecule has 0 saturated carbocycles. The number of hydrogen-bond donors (Lipinski definition) is 2. The van der Waals surface area contributed by atoms with Crippen LogP contribution in [0.25, 0.3) is 0 Å². The van der Waals surface area contributed by atoms with Crippen molar-refractivity contribution in [2.45, 2.75) is 32.1 Å². The highest BCUT2D eigenvalue weighted by atomic mass is 16.2. The molecule has 0 spiro atoms. The highest BCUT2D eigenvalue weighted by Gasteiger charge is 2.35. The number of hydrogen-bond acceptors (Lipinski definition) is 2. The molecule has 3 nitrogen and oxygen atoms in total. The van der Waals surface area contributed by atoms with Gasteiger partial charge in [0.05, 0.1) is 0 Å². The molecular formula is C16H22N2O. The Morgan fingerprint density at radius 2 is 2.11 bits per heavy atom. The average Bonchev–Trinajstić information content (AvgIpc) is 2.40. The zero-order valence-electron chi connectivity index (χ0n) is 11.5. The number of carbonyl (C=O) groups excluding carboxylic acids is 1. The summed E-state index contributed by atoms with van der Waals surface area (Å²) in [7, 11) is 0. The van der Waals surface area contributed by atoms with E-state index in [1.807, 2.05) is 0 Å². The molecule has 3 heteroatoms. The van der Waals surface area contributed by atoms with Crippen LogP contribution in [-0.4, -0.2) is 25.5 Å². The lowest BCUT2D eigenvalue weighted by Crippen LogP contribution is -2.47. The molecule has 1 amide bonds. The van der Waals surface area contributed by atoms with Crippen molar-refractivity contribution in [1.82, 2.24) is 10.6 Å². The van der Waals surface area contributed by atoms with Gasteiger partial charge in [0.1, 0.15) is 0 Å². The van der Waals surface area contributed by atoms with Gasteiger partial charge in [0, 0.05) is 17.9 Å². The Balaban J connectivity index is 1.55. The maximum Gasteiger partial charge on any atom is 0.226 e. The molecule has 2 N–H and O–H groups in total. The minimum atomic E-state index is -0.172. The van der Waals surface area contributed by atoms with Gasteiger partial charge in [-0.05, 0) is 43.5 Å². The summed E-state index contributed by atoms with van der Waals surface area (Å²) in [6.45, 7) is 4.79. The minimum Gasteiger partial charge on any atom is -0.355 e. The third kappa shape index (κ3) is 2.39. The molecule has 1 aromatic rings. The Bertz CT molecular complexity index is 477. The smallest absolute Gasteiger partial charge is 0.226 e. The molecule has 0 radical (unpaired) electrons. The second-order valence-electron chi connectivity index (χ2n) is 6.12. The summed E-state index contributed by atoms with van der Waals surface area (Å²) >= 11 is 0. The van der Waals surface area contributed by atoms with Crippen molar-refractivity contribution in [3.8, 4) is 0 Å². The van der Waals surface area contributed by atoms with Crippen molar-refractivity contribution >= 4 is 5.91 Å². The van der Waals surface area contributed by atoms with Gasteiger partial charge < -0.3 is 10.6 Å². The number of amides is 1. The van der Waals surface area contributed by atoms with Gasteiger partial charge in [-0.2, -0.15) is 0 Å². The third-order valence-corrected chi connectivity index (χ3v) is 4.73. The second kappa shape index (κ2) is 4.97. The van der Waals surface area contributed by atoms with Gasteiger partial charge in [0.25, 0.3) is 0 Å². The molecule has 3 rings (SSSR count). The van der Waals surface area contributed by atoms with Crippen molar-refractivity contribution in [1.29, 1.82) is 0 Å². The number of fused-ring (bicyclic) bond motifs is 1. The normalized spacial score (nSPS) is 24.2. The fourth-order valence-electron chi connectivity index (χ4n) is 3.18. The van der Waals surface area contributed by atoms with Crippen molar-refractivity contribution < 1.29 is 4.79 Å². The Labute approximate surface area is 114 Å². The number of carbonyl (C=O) groups is 1. The Hall–Kier alpha value is -1.35. The molecule has 1 saturated heterocycles. The van der Waals surface area contributed by atoms with Gasteiger partial charge in [-0.1, -0.05) is 31.2 Å². The van der Waals surface area contributed by atoms with Gasteiger partial charge in [-0.15, -0.1) is 0 Å². The van der Waals surface area contributed by atoms with Crippen molar-refractivity contribution in [2.75, 3.05) is 19.6 Å². The predicted octanol–water partition coefficient (Wildman–Crippen LogP) is 1.83. The molecular weight excluding hydrogens is 236 g/mol. The zero-order valence-corrected chi connectivity index (χ0v) is 11.5. The number of rotatable bonds is 3. The summed E-state index contributed by atoms with van der Waals surface area (Å²) in [5.74, 6) is 0.754. The lowest BCUT2D eigenvalue weighted by atomic mass is 9.76. The van der Waals surface area contributed by atoms with Gasteiger partial charge in [-0.25, -0.2) is 0 Å². The number of benzene rings is 1. The van der Waals surface area contributed by atoms with Crippen molar-refractivity contribution in [2.24, 2.45) is 5.41 Å². The average molecular weight is 258 g/mol. The fraction of sp³-hybridized carbons (Fsp3) is 0.562. The van der Waals surface area contributed by atoms with Gasteiger partial charge in [0.15, 0.2) is 0 Å². The van der Waals surface area contributed by atoms with Gasteiger partial charge >= 0.3 is 0 Å². The molecule has 1 fully saturated rings. The van der Waals surface area contributed by atoms with Crippen LogP contribution in [0.15, 0.2) is 24.3 Å².